The van der Waals surface area contributed by atoms with Crippen molar-refractivity contribution in [1.82, 2.24) is 5.32 Å². The Balaban J connectivity index is 2.79. The molecule has 1 rings (SSSR count). The van der Waals surface area contributed by atoms with E-state index in [0.717, 1.165) is 0 Å². The number of hydrogen-bond donors (Lipinski definition) is 1. The summed E-state index contributed by atoms with van der Waals surface area (Å²) in [5.74, 6) is 0.544. The molecule has 0 aliphatic rings. The van der Waals surface area contributed by atoms with Crippen molar-refractivity contribution in [2.75, 3.05) is 6.61 Å². The van der Waals surface area contributed by atoms with Gasteiger partial charge in [-0.3, -0.25) is 15.4 Å². The summed E-state index contributed by atoms with van der Waals surface area (Å²) in [5, 5.41) is 23.0. The molecule has 0 radical (unpaired) electrons. The molecule has 108 valence electrons. The Morgan fingerprint density at radius 2 is 2.20 bits per heavy atom. The van der Waals surface area contributed by atoms with Crippen LogP contribution in [0.3, 0.4) is 0 Å². The smallest absolute Gasteiger partial charge is 0.269 e. The lowest BCUT2D eigenvalue weighted by Crippen LogP contribution is -2.49. The molecule has 6 heteroatoms. The summed E-state index contributed by atoms with van der Waals surface area (Å²) in [6.45, 7) is 7.56. The number of hydrogen-bond acceptors (Lipinski definition) is 5. The third-order valence-electron chi connectivity index (χ3n) is 2.74. The molecule has 1 aromatic carbocycles. The van der Waals surface area contributed by atoms with Gasteiger partial charge >= 0.3 is 0 Å². The van der Waals surface area contributed by atoms with E-state index in [9.17, 15) is 15.4 Å². The van der Waals surface area contributed by atoms with Crippen LogP contribution in [0.15, 0.2) is 18.2 Å². The minimum absolute atomic E-state index is 0.0261. The lowest BCUT2D eigenvalue weighted by Gasteiger charge is -2.26. The summed E-state index contributed by atoms with van der Waals surface area (Å²) >= 11 is 0. The number of nitro groups is 1. The number of nitriles is 1. The number of non-ortho nitro benzene ring substituents is 1. The van der Waals surface area contributed by atoms with Crippen molar-refractivity contribution >= 4 is 5.69 Å². The molecule has 0 saturated carbocycles. The highest BCUT2D eigenvalue weighted by molar-refractivity contribution is 5.43. The van der Waals surface area contributed by atoms with E-state index in [1.807, 2.05) is 13.8 Å². The molecular formula is C14H19N3O3. The monoisotopic (exact) mass is 277 g/mol. The van der Waals surface area contributed by atoms with Gasteiger partial charge in [0, 0.05) is 18.2 Å². The predicted octanol–water partition coefficient (Wildman–Crippen LogP) is 2.56. The van der Waals surface area contributed by atoms with Crippen LogP contribution in [-0.2, 0) is 0 Å². The zero-order chi connectivity index (χ0) is 15.3. The van der Waals surface area contributed by atoms with Crippen molar-refractivity contribution in [2.45, 2.75) is 39.3 Å². The zero-order valence-electron chi connectivity index (χ0n) is 12.1. The fraction of sp³-hybridized carbons (Fsp3) is 0.500. The third-order valence-corrected chi connectivity index (χ3v) is 2.74. The molecule has 0 amide bonds. The lowest BCUT2D eigenvalue weighted by atomic mass is 10.1. The molecule has 1 aromatic rings. The maximum atomic E-state index is 10.7. The third kappa shape index (κ3) is 4.21. The molecule has 0 aliphatic heterocycles. The predicted molar refractivity (Wildman–Crippen MR) is 75.6 cm³/mol. The summed E-state index contributed by atoms with van der Waals surface area (Å²) < 4.78 is 5.62. The van der Waals surface area contributed by atoms with E-state index < -0.39 is 10.5 Å². The maximum absolute atomic E-state index is 10.7. The molecule has 6 nitrogen and oxygen atoms in total. The Bertz CT molecular complexity index is 537. The van der Waals surface area contributed by atoms with Crippen LogP contribution in [0.25, 0.3) is 0 Å². The van der Waals surface area contributed by atoms with E-state index in [0.29, 0.717) is 11.3 Å². The highest BCUT2D eigenvalue weighted by Gasteiger charge is 2.25. The zero-order valence-corrected chi connectivity index (χ0v) is 12.1. The standard InChI is InChI=1S/C14H19N3O3/c1-10(2)16-14(4,8-15)9-20-13-6-5-12(17(18)19)7-11(13)3/h5-7,10,16H,9H2,1-4H3. The van der Waals surface area contributed by atoms with Gasteiger partial charge in [-0.1, -0.05) is 0 Å². The molecule has 0 bridgehead atoms. The summed E-state index contributed by atoms with van der Waals surface area (Å²) in [6, 6.07) is 6.74. The summed E-state index contributed by atoms with van der Waals surface area (Å²) in [6.07, 6.45) is 0. The van der Waals surface area contributed by atoms with E-state index >= 15 is 0 Å². The van der Waals surface area contributed by atoms with Crippen molar-refractivity contribution in [3.8, 4) is 11.8 Å². The fourth-order valence-electron chi connectivity index (χ4n) is 1.87. The number of nitro benzene ring substituents is 1. The number of aryl methyl sites for hydroxylation is 1. The summed E-state index contributed by atoms with van der Waals surface area (Å²) in [4.78, 5) is 10.2. The molecular weight excluding hydrogens is 258 g/mol. The van der Waals surface area contributed by atoms with Crippen LogP contribution in [0.1, 0.15) is 26.3 Å². The largest absolute Gasteiger partial charge is 0.490 e. The molecule has 0 fully saturated rings. The van der Waals surface area contributed by atoms with E-state index in [1.165, 1.54) is 12.1 Å². The normalized spacial score (nSPS) is 13.6. The average molecular weight is 277 g/mol. The first kappa shape index (κ1) is 15.9. The second-order valence-corrected chi connectivity index (χ2v) is 5.24. The van der Waals surface area contributed by atoms with Gasteiger partial charge in [0.25, 0.3) is 5.69 Å². The molecule has 1 N–H and O–H groups in total. The van der Waals surface area contributed by atoms with Crippen LogP contribution in [0, 0.1) is 28.4 Å². The van der Waals surface area contributed by atoms with Crippen molar-refractivity contribution in [3.05, 3.63) is 33.9 Å². The van der Waals surface area contributed by atoms with Gasteiger partial charge in [0.2, 0.25) is 0 Å². The molecule has 20 heavy (non-hydrogen) atoms. The topological polar surface area (TPSA) is 88.2 Å². The van der Waals surface area contributed by atoms with Crippen LogP contribution in [-0.4, -0.2) is 23.1 Å². The van der Waals surface area contributed by atoms with Gasteiger partial charge in [0.1, 0.15) is 17.9 Å². The number of nitrogens with one attached hydrogen (secondary N) is 1. The highest BCUT2D eigenvalue weighted by atomic mass is 16.6. The second kappa shape index (κ2) is 6.35. The second-order valence-electron chi connectivity index (χ2n) is 5.24. The quantitative estimate of drug-likeness (QED) is 0.637. The molecule has 0 aliphatic carbocycles. The Morgan fingerprint density at radius 1 is 1.55 bits per heavy atom. The Labute approximate surface area is 118 Å². The molecule has 0 spiro atoms. The fourth-order valence-corrected chi connectivity index (χ4v) is 1.87. The number of rotatable bonds is 6. The van der Waals surface area contributed by atoms with Gasteiger partial charge in [0.15, 0.2) is 0 Å². The van der Waals surface area contributed by atoms with E-state index in [-0.39, 0.29) is 18.3 Å². The molecule has 1 unspecified atom stereocenters. The van der Waals surface area contributed by atoms with Gasteiger partial charge in [-0.25, -0.2) is 0 Å². The van der Waals surface area contributed by atoms with E-state index in [4.69, 9.17) is 4.74 Å². The van der Waals surface area contributed by atoms with Crippen LogP contribution in [0.4, 0.5) is 5.69 Å². The first-order valence-electron chi connectivity index (χ1n) is 6.34. The van der Waals surface area contributed by atoms with Crippen molar-refractivity contribution in [3.63, 3.8) is 0 Å². The van der Waals surface area contributed by atoms with Gasteiger partial charge in [-0.15, -0.1) is 0 Å². The Hall–Kier alpha value is -2.13. The van der Waals surface area contributed by atoms with Crippen molar-refractivity contribution in [2.24, 2.45) is 0 Å². The minimum atomic E-state index is -0.803. The van der Waals surface area contributed by atoms with Gasteiger partial charge < -0.3 is 4.74 Å². The molecule has 0 aromatic heterocycles. The van der Waals surface area contributed by atoms with Crippen LogP contribution < -0.4 is 10.1 Å². The first-order chi connectivity index (χ1) is 9.27. The van der Waals surface area contributed by atoms with Crippen molar-refractivity contribution < 1.29 is 9.66 Å². The first-order valence-corrected chi connectivity index (χ1v) is 6.34. The van der Waals surface area contributed by atoms with Gasteiger partial charge in [-0.05, 0) is 39.3 Å². The molecule has 0 heterocycles. The maximum Gasteiger partial charge on any atom is 0.269 e. The average Bonchev–Trinajstić information content (AvgIpc) is 2.36. The van der Waals surface area contributed by atoms with E-state index in [1.54, 1.807) is 19.9 Å². The van der Waals surface area contributed by atoms with Gasteiger partial charge in [-0.2, -0.15) is 5.26 Å². The van der Waals surface area contributed by atoms with Crippen LogP contribution in [0.2, 0.25) is 0 Å². The van der Waals surface area contributed by atoms with Crippen LogP contribution in [0.5, 0.6) is 5.75 Å². The highest BCUT2D eigenvalue weighted by Crippen LogP contribution is 2.24. The van der Waals surface area contributed by atoms with Gasteiger partial charge in [0.05, 0.1) is 11.0 Å². The lowest BCUT2D eigenvalue weighted by molar-refractivity contribution is -0.384. The van der Waals surface area contributed by atoms with Crippen molar-refractivity contribution in [1.29, 1.82) is 5.26 Å². The molecule has 1 atom stereocenters. The summed E-state index contributed by atoms with van der Waals surface area (Å²) in [5.41, 5.74) is -0.107. The Morgan fingerprint density at radius 3 is 2.65 bits per heavy atom. The molecule has 0 saturated heterocycles. The Kier molecular flexibility index (Phi) is 5.06. The number of ether oxygens (including phenoxy) is 1. The minimum Gasteiger partial charge on any atom is -0.490 e. The van der Waals surface area contributed by atoms with Crippen LogP contribution >= 0.6 is 0 Å². The SMILES string of the molecule is Cc1cc([N+](=O)[O-])ccc1OCC(C)(C#N)NC(C)C. The summed E-state index contributed by atoms with van der Waals surface area (Å²) in [7, 11) is 0. The van der Waals surface area contributed by atoms with E-state index in [2.05, 4.69) is 11.4 Å². The number of benzene rings is 1. The number of nitrogens with zero attached hydrogens (tertiary/aromatic N) is 2.